The van der Waals surface area contributed by atoms with Gasteiger partial charge in [0.05, 0.1) is 6.04 Å². The predicted octanol–water partition coefficient (Wildman–Crippen LogP) is 1.81. The van der Waals surface area contributed by atoms with Crippen LogP contribution in [0.4, 0.5) is 10.7 Å². The van der Waals surface area contributed by atoms with Crippen LogP contribution < -0.4 is 10.2 Å². The van der Waals surface area contributed by atoms with Crippen LogP contribution in [0.2, 0.25) is 0 Å². The zero-order chi connectivity index (χ0) is 14.9. The minimum absolute atomic E-state index is 0.0919. The van der Waals surface area contributed by atoms with E-state index in [1.807, 2.05) is 45.6 Å². The van der Waals surface area contributed by atoms with Crippen LogP contribution in [0.25, 0.3) is 0 Å². The maximum absolute atomic E-state index is 11.6. The molecule has 1 aliphatic heterocycles. The van der Waals surface area contributed by atoms with E-state index in [1.54, 1.807) is 0 Å². The van der Waals surface area contributed by atoms with Gasteiger partial charge in [-0.25, -0.2) is 14.8 Å². The van der Waals surface area contributed by atoms with Gasteiger partial charge < -0.3 is 15.0 Å². The summed E-state index contributed by atoms with van der Waals surface area (Å²) in [6.07, 6.45) is -0.372. The first-order valence-electron chi connectivity index (χ1n) is 6.80. The number of anilines is 1. The lowest BCUT2D eigenvalue weighted by Gasteiger charge is -2.39. The summed E-state index contributed by atoms with van der Waals surface area (Å²) in [7, 11) is 0. The molecule has 0 radical (unpaired) electrons. The second-order valence-electron chi connectivity index (χ2n) is 6.20. The summed E-state index contributed by atoms with van der Waals surface area (Å²) in [6.45, 7) is 10.9. The maximum atomic E-state index is 11.6. The number of hydrogen-bond donors (Lipinski definition) is 1. The number of nitrogens with zero attached hydrogens (tertiary/aromatic N) is 3. The van der Waals surface area contributed by atoms with Gasteiger partial charge in [0, 0.05) is 24.5 Å². The van der Waals surface area contributed by atoms with Gasteiger partial charge in [0.2, 0.25) is 5.95 Å². The first-order chi connectivity index (χ1) is 9.23. The highest BCUT2D eigenvalue weighted by Crippen LogP contribution is 2.17. The largest absolute Gasteiger partial charge is 0.444 e. The van der Waals surface area contributed by atoms with Gasteiger partial charge in [-0.15, -0.1) is 0 Å². The summed E-state index contributed by atoms with van der Waals surface area (Å²) in [6, 6.07) is 2.04. The van der Waals surface area contributed by atoms with E-state index in [0.29, 0.717) is 13.1 Å². The standard InChI is InChI=1S/C14H22N4O2/c1-9-6-10(2)16-12(15-9)18-7-11(8-18)17-13(19)20-14(3,4)5/h6,11H,7-8H2,1-5H3,(H,17,19). The lowest BCUT2D eigenvalue weighted by Crippen LogP contribution is -2.60. The molecule has 1 amide bonds. The van der Waals surface area contributed by atoms with Gasteiger partial charge in [-0.2, -0.15) is 0 Å². The topological polar surface area (TPSA) is 67.4 Å². The maximum Gasteiger partial charge on any atom is 0.407 e. The monoisotopic (exact) mass is 278 g/mol. The van der Waals surface area contributed by atoms with Crippen molar-refractivity contribution in [2.75, 3.05) is 18.0 Å². The SMILES string of the molecule is Cc1cc(C)nc(N2CC(NC(=O)OC(C)(C)C)C2)n1. The van der Waals surface area contributed by atoms with E-state index in [4.69, 9.17) is 4.74 Å². The average molecular weight is 278 g/mol. The van der Waals surface area contributed by atoms with Crippen molar-refractivity contribution in [3.8, 4) is 0 Å². The van der Waals surface area contributed by atoms with Crippen molar-refractivity contribution in [1.29, 1.82) is 0 Å². The molecule has 1 saturated heterocycles. The van der Waals surface area contributed by atoms with Gasteiger partial charge in [0.15, 0.2) is 0 Å². The summed E-state index contributed by atoms with van der Waals surface area (Å²) in [5, 5.41) is 2.84. The van der Waals surface area contributed by atoms with Crippen LogP contribution in [0.3, 0.4) is 0 Å². The molecule has 0 saturated carbocycles. The van der Waals surface area contributed by atoms with Crippen molar-refractivity contribution in [1.82, 2.24) is 15.3 Å². The Morgan fingerprint density at radius 1 is 1.30 bits per heavy atom. The molecule has 2 rings (SSSR count). The van der Waals surface area contributed by atoms with Gasteiger partial charge >= 0.3 is 6.09 Å². The Hall–Kier alpha value is -1.85. The predicted molar refractivity (Wildman–Crippen MR) is 76.9 cm³/mol. The molecule has 6 nitrogen and oxygen atoms in total. The van der Waals surface area contributed by atoms with Crippen molar-refractivity contribution in [3.63, 3.8) is 0 Å². The van der Waals surface area contributed by atoms with E-state index >= 15 is 0 Å². The Balaban J connectivity index is 1.84. The number of carbonyl (C=O) groups excluding carboxylic acids is 1. The molecule has 20 heavy (non-hydrogen) atoms. The molecule has 1 N–H and O–H groups in total. The third kappa shape index (κ3) is 3.82. The minimum Gasteiger partial charge on any atom is -0.444 e. The van der Waals surface area contributed by atoms with Crippen LogP contribution in [0.15, 0.2) is 6.07 Å². The molecule has 1 aromatic heterocycles. The number of alkyl carbamates (subject to hydrolysis) is 1. The number of nitrogens with one attached hydrogen (secondary N) is 1. The van der Waals surface area contributed by atoms with Gasteiger partial charge in [-0.1, -0.05) is 0 Å². The normalized spacial score (nSPS) is 15.8. The smallest absolute Gasteiger partial charge is 0.407 e. The summed E-state index contributed by atoms with van der Waals surface area (Å²) in [5.74, 6) is 0.727. The van der Waals surface area contributed by atoms with E-state index in [9.17, 15) is 4.79 Å². The summed E-state index contributed by atoms with van der Waals surface area (Å²) in [5.41, 5.74) is 1.44. The van der Waals surface area contributed by atoms with E-state index in [2.05, 4.69) is 15.3 Å². The Bertz CT molecular complexity index is 484. The number of carbonyl (C=O) groups is 1. The van der Waals surface area contributed by atoms with Gasteiger partial charge in [0.25, 0.3) is 0 Å². The number of aromatic nitrogens is 2. The van der Waals surface area contributed by atoms with Crippen molar-refractivity contribution in [2.24, 2.45) is 0 Å². The molecule has 1 aromatic rings. The van der Waals surface area contributed by atoms with Crippen molar-refractivity contribution >= 4 is 12.0 Å². The van der Waals surface area contributed by atoms with Crippen LogP contribution >= 0.6 is 0 Å². The Morgan fingerprint density at radius 2 is 1.85 bits per heavy atom. The molecule has 0 aliphatic carbocycles. The number of aryl methyl sites for hydroxylation is 2. The summed E-state index contributed by atoms with van der Waals surface area (Å²) < 4.78 is 5.22. The Morgan fingerprint density at radius 3 is 2.35 bits per heavy atom. The fraction of sp³-hybridized carbons (Fsp3) is 0.643. The molecule has 1 fully saturated rings. The average Bonchev–Trinajstić information content (AvgIpc) is 2.18. The van der Waals surface area contributed by atoms with Crippen molar-refractivity contribution in [2.45, 2.75) is 46.3 Å². The number of amides is 1. The highest BCUT2D eigenvalue weighted by Gasteiger charge is 2.31. The molecule has 6 heteroatoms. The lowest BCUT2D eigenvalue weighted by molar-refractivity contribution is 0.0495. The van der Waals surface area contributed by atoms with Crippen LogP contribution in [0, 0.1) is 13.8 Å². The van der Waals surface area contributed by atoms with Gasteiger partial charge in [-0.05, 0) is 40.7 Å². The Labute approximate surface area is 119 Å². The van der Waals surface area contributed by atoms with E-state index in [0.717, 1.165) is 17.3 Å². The molecule has 110 valence electrons. The third-order valence-corrected chi connectivity index (χ3v) is 2.86. The first kappa shape index (κ1) is 14.6. The van der Waals surface area contributed by atoms with Crippen LogP contribution in [0.5, 0.6) is 0 Å². The van der Waals surface area contributed by atoms with E-state index in [-0.39, 0.29) is 12.1 Å². The molecule has 0 unspecified atom stereocenters. The summed E-state index contributed by atoms with van der Waals surface area (Å²) >= 11 is 0. The number of ether oxygens (including phenoxy) is 1. The molecule has 0 atom stereocenters. The van der Waals surface area contributed by atoms with Crippen LogP contribution in [-0.2, 0) is 4.74 Å². The molecule has 0 aromatic carbocycles. The molecule has 0 spiro atoms. The van der Waals surface area contributed by atoms with Crippen LogP contribution in [-0.4, -0.2) is 40.8 Å². The van der Waals surface area contributed by atoms with E-state index < -0.39 is 5.60 Å². The third-order valence-electron chi connectivity index (χ3n) is 2.86. The van der Waals surface area contributed by atoms with Crippen molar-refractivity contribution < 1.29 is 9.53 Å². The van der Waals surface area contributed by atoms with Crippen LogP contribution in [0.1, 0.15) is 32.2 Å². The highest BCUT2D eigenvalue weighted by molar-refractivity contribution is 5.68. The number of hydrogen-bond acceptors (Lipinski definition) is 5. The zero-order valence-corrected chi connectivity index (χ0v) is 12.7. The van der Waals surface area contributed by atoms with Gasteiger partial charge in [0.1, 0.15) is 5.60 Å². The fourth-order valence-electron chi connectivity index (χ4n) is 2.06. The quantitative estimate of drug-likeness (QED) is 0.893. The fourth-order valence-corrected chi connectivity index (χ4v) is 2.06. The second kappa shape index (κ2) is 5.26. The van der Waals surface area contributed by atoms with E-state index in [1.165, 1.54) is 0 Å². The zero-order valence-electron chi connectivity index (χ0n) is 12.7. The molecule has 2 heterocycles. The highest BCUT2D eigenvalue weighted by atomic mass is 16.6. The molecular weight excluding hydrogens is 256 g/mol. The molecule has 1 aliphatic rings. The summed E-state index contributed by atoms with van der Waals surface area (Å²) in [4.78, 5) is 22.5. The first-order valence-corrected chi connectivity index (χ1v) is 6.80. The van der Waals surface area contributed by atoms with Crippen molar-refractivity contribution in [3.05, 3.63) is 17.5 Å². The Kier molecular flexibility index (Phi) is 3.83. The second-order valence-corrected chi connectivity index (χ2v) is 6.20. The number of rotatable bonds is 2. The minimum atomic E-state index is -0.468. The molecular formula is C14H22N4O2. The van der Waals surface area contributed by atoms with Gasteiger partial charge in [-0.3, -0.25) is 0 Å². The lowest BCUT2D eigenvalue weighted by atomic mass is 10.1. The molecule has 0 bridgehead atoms.